The largest absolute Gasteiger partial charge is 0.465 e. The van der Waals surface area contributed by atoms with Gasteiger partial charge < -0.3 is 9.47 Å². The maximum atomic E-state index is 11.7. The highest BCUT2D eigenvalue weighted by atomic mass is 16.5. The second-order valence-electron chi connectivity index (χ2n) is 5.59. The van der Waals surface area contributed by atoms with Crippen LogP contribution in [-0.4, -0.2) is 24.6 Å². The van der Waals surface area contributed by atoms with Crippen LogP contribution >= 0.6 is 0 Å². The van der Waals surface area contributed by atoms with Crippen molar-refractivity contribution in [2.45, 2.75) is 78.7 Å². The minimum Gasteiger partial charge on any atom is -0.465 e. The highest BCUT2D eigenvalue weighted by Crippen LogP contribution is 2.11. The first-order chi connectivity index (χ1) is 9.49. The zero-order valence-corrected chi connectivity index (χ0v) is 13.4. The molecule has 0 N–H and O–H groups in total. The molecule has 118 valence electrons. The van der Waals surface area contributed by atoms with E-state index in [1.165, 1.54) is 0 Å². The van der Waals surface area contributed by atoms with Gasteiger partial charge in [-0.15, -0.1) is 0 Å². The number of unbranched alkanes of at least 4 members (excludes halogenated alkanes) is 2. The summed E-state index contributed by atoms with van der Waals surface area (Å²) >= 11 is 0. The summed E-state index contributed by atoms with van der Waals surface area (Å²) in [5.74, 6) is -0.307. The van der Waals surface area contributed by atoms with E-state index < -0.39 is 0 Å². The Hall–Kier alpha value is -1.06. The third-order valence-corrected chi connectivity index (χ3v) is 2.99. The molecule has 0 saturated carbocycles. The van der Waals surface area contributed by atoms with Gasteiger partial charge in [0.25, 0.3) is 0 Å². The lowest BCUT2D eigenvalue weighted by molar-refractivity contribution is -0.154. The maximum absolute atomic E-state index is 11.7. The first-order valence-electron chi connectivity index (χ1n) is 7.84. The minimum absolute atomic E-state index is 0.0132. The third-order valence-electron chi connectivity index (χ3n) is 2.99. The molecule has 4 nitrogen and oxygen atoms in total. The van der Waals surface area contributed by atoms with E-state index in [1.807, 2.05) is 20.8 Å². The standard InChI is InChI=1S/C16H30O4/c1-5-7-8-9-14(6-2)20-16(18)11-10-15(17)19-12-13(3)4/h13-14H,5-12H2,1-4H3. The van der Waals surface area contributed by atoms with Crippen LogP contribution < -0.4 is 0 Å². The van der Waals surface area contributed by atoms with Crippen LogP contribution in [0, 0.1) is 5.92 Å². The summed E-state index contributed by atoms with van der Waals surface area (Å²) in [6.45, 7) is 8.52. The molecule has 4 heteroatoms. The second kappa shape index (κ2) is 11.7. The van der Waals surface area contributed by atoms with Crippen molar-refractivity contribution in [1.29, 1.82) is 0 Å². The van der Waals surface area contributed by atoms with Gasteiger partial charge in [-0.1, -0.05) is 40.5 Å². The Kier molecular flexibility index (Phi) is 11.1. The van der Waals surface area contributed by atoms with Crippen molar-refractivity contribution in [2.24, 2.45) is 5.92 Å². The Labute approximate surface area is 123 Å². The summed E-state index contributed by atoms with van der Waals surface area (Å²) in [6, 6.07) is 0. The van der Waals surface area contributed by atoms with Gasteiger partial charge in [0.1, 0.15) is 6.10 Å². The molecule has 1 unspecified atom stereocenters. The minimum atomic E-state index is -0.324. The number of hydrogen-bond donors (Lipinski definition) is 0. The first kappa shape index (κ1) is 18.9. The summed E-state index contributed by atoms with van der Waals surface area (Å²) in [4.78, 5) is 23.0. The van der Waals surface area contributed by atoms with Gasteiger partial charge >= 0.3 is 11.9 Å². The van der Waals surface area contributed by atoms with Gasteiger partial charge in [0.05, 0.1) is 19.4 Å². The molecule has 0 aliphatic carbocycles. The molecule has 0 aliphatic rings. The van der Waals surface area contributed by atoms with Crippen molar-refractivity contribution >= 4 is 11.9 Å². The second-order valence-corrected chi connectivity index (χ2v) is 5.59. The predicted molar refractivity (Wildman–Crippen MR) is 79.3 cm³/mol. The van der Waals surface area contributed by atoms with Crippen molar-refractivity contribution in [3.05, 3.63) is 0 Å². The van der Waals surface area contributed by atoms with Crippen LogP contribution in [-0.2, 0) is 19.1 Å². The molecule has 0 rings (SSSR count). The molecule has 0 bridgehead atoms. The molecule has 0 spiro atoms. The van der Waals surface area contributed by atoms with Gasteiger partial charge in [-0.25, -0.2) is 0 Å². The van der Waals surface area contributed by atoms with Crippen LogP contribution in [0.5, 0.6) is 0 Å². The average molecular weight is 286 g/mol. The van der Waals surface area contributed by atoms with E-state index in [0.717, 1.165) is 32.1 Å². The quantitative estimate of drug-likeness (QED) is 0.427. The highest BCUT2D eigenvalue weighted by Gasteiger charge is 2.14. The Bertz CT molecular complexity index is 274. The Morgan fingerprint density at radius 1 is 1.00 bits per heavy atom. The van der Waals surface area contributed by atoms with Crippen molar-refractivity contribution in [3.8, 4) is 0 Å². The van der Waals surface area contributed by atoms with Gasteiger partial charge in [-0.2, -0.15) is 0 Å². The molecule has 0 aliphatic heterocycles. The van der Waals surface area contributed by atoms with E-state index in [2.05, 4.69) is 6.92 Å². The zero-order chi connectivity index (χ0) is 15.4. The Balaban J connectivity index is 3.81. The van der Waals surface area contributed by atoms with E-state index in [0.29, 0.717) is 12.5 Å². The van der Waals surface area contributed by atoms with E-state index in [-0.39, 0.29) is 30.9 Å². The molecule has 0 fully saturated rings. The summed E-state index contributed by atoms with van der Waals surface area (Å²) in [7, 11) is 0. The van der Waals surface area contributed by atoms with Crippen LogP contribution in [0.1, 0.15) is 72.6 Å². The van der Waals surface area contributed by atoms with Gasteiger partial charge in [0.15, 0.2) is 0 Å². The van der Waals surface area contributed by atoms with Crippen LogP contribution in [0.25, 0.3) is 0 Å². The number of esters is 2. The number of ether oxygens (including phenoxy) is 2. The van der Waals surface area contributed by atoms with Crippen LogP contribution in [0.2, 0.25) is 0 Å². The molecule has 0 aromatic heterocycles. The fourth-order valence-electron chi connectivity index (χ4n) is 1.75. The first-order valence-corrected chi connectivity index (χ1v) is 7.84. The Morgan fingerprint density at radius 2 is 1.65 bits per heavy atom. The monoisotopic (exact) mass is 286 g/mol. The molecule has 0 amide bonds. The van der Waals surface area contributed by atoms with Crippen LogP contribution in [0.15, 0.2) is 0 Å². The van der Waals surface area contributed by atoms with Crippen LogP contribution in [0.3, 0.4) is 0 Å². The predicted octanol–water partition coefficient (Wildman–Crippen LogP) is 3.87. The third kappa shape index (κ3) is 10.8. The number of rotatable bonds is 11. The normalized spacial score (nSPS) is 12.2. The molecule has 0 heterocycles. The lowest BCUT2D eigenvalue weighted by Crippen LogP contribution is -2.19. The topological polar surface area (TPSA) is 52.6 Å². The van der Waals surface area contributed by atoms with Gasteiger partial charge in [-0.05, 0) is 25.2 Å². The lowest BCUT2D eigenvalue weighted by atomic mass is 10.1. The van der Waals surface area contributed by atoms with E-state index in [9.17, 15) is 9.59 Å². The molecular weight excluding hydrogens is 256 g/mol. The molecule has 0 saturated heterocycles. The summed E-state index contributed by atoms with van der Waals surface area (Å²) in [5, 5.41) is 0. The molecule has 0 aromatic carbocycles. The smallest absolute Gasteiger partial charge is 0.306 e. The van der Waals surface area contributed by atoms with Gasteiger partial charge in [-0.3, -0.25) is 9.59 Å². The van der Waals surface area contributed by atoms with E-state index in [1.54, 1.807) is 0 Å². The molecule has 1 atom stereocenters. The molecule has 20 heavy (non-hydrogen) atoms. The highest BCUT2D eigenvalue weighted by molar-refractivity contribution is 5.77. The fraction of sp³-hybridized carbons (Fsp3) is 0.875. The fourth-order valence-corrected chi connectivity index (χ4v) is 1.75. The van der Waals surface area contributed by atoms with Crippen molar-refractivity contribution in [3.63, 3.8) is 0 Å². The van der Waals surface area contributed by atoms with Gasteiger partial charge in [0.2, 0.25) is 0 Å². The van der Waals surface area contributed by atoms with Crippen molar-refractivity contribution in [2.75, 3.05) is 6.61 Å². The molecule has 0 radical (unpaired) electrons. The molecule has 0 aromatic rings. The summed E-state index contributed by atoms with van der Waals surface area (Å²) < 4.78 is 10.4. The lowest BCUT2D eigenvalue weighted by Gasteiger charge is -2.16. The average Bonchev–Trinajstić information content (AvgIpc) is 2.41. The number of carbonyl (C=O) groups excluding carboxylic acids is 2. The van der Waals surface area contributed by atoms with E-state index in [4.69, 9.17) is 9.47 Å². The Morgan fingerprint density at radius 3 is 2.20 bits per heavy atom. The number of carbonyl (C=O) groups is 2. The maximum Gasteiger partial charge on any atom is 0.306 e. The van der Waals surface area contributed by atoms with Crippen molar-refractivity contribution in [1.82, 2.24) is 0 Å². The van der Waals surface area contributed by atoms with Crippen molar-refractivity contribution < 1.29 is 19.1 Å². The zero-order valence-electron chi connectivity index (χ0n) is 13.4. The summed E-state index contributed by atoms with van der Waals surface area (Å²) in [5.41, 5.74) is 0. The SMILES string of the molecule is CCCCCC(CC)OC(=O)CCC(=O)OCC(C)C. The van der Waals surface area contributed by atoms with E-state index >= 15 is 0 Å². The number of hydrogen-bond acceptors (Lipinski definition) is 4. The summed E-state index contributed by atoms with van der Waals surface area (Å²) in [6.07, 6.45) is 5.35. The molecular formula is C16H30O4. The van der Waals surface area contributed by atoms with Gasteiger partial charge in [0, 0.05) is 0 Å². The van der Waals surface area contributed by atoms with Crippen LogP contribution in [0.4, 0.5) is 0 Å².